The molecule has 4 aliphatic rings. The fourth-order valence-corrected chi connectivity index (χ4v) is 5.58. The van der Waals surface area contributed by atoms with Crippen molar-refractivity contribution in [2.75, 3.05) is 5.32 Å². The number of hydrogen-bond acceptors (Lipinski definition) is 3. The average Bonchev–Trinajstić information content (AvgIpc) is 2.54. The molecule has 4 bridgehead atoms. The highest BCUT2D eigenvalue weighted by atomic mass is 16.1. The summed E-state index contributed by atoms with van der Waals surface area (Å²) in [6.07, 6.45) is 9.37. The topological polar surface area (TPSA) is 64.9 Å². The van der Waals surface area contributed by atoms with Gasteiger partial charge in [0.2, 0.25) is 0 Å². The number of anilines is 1. The van der Waals surface area contributed by atoms with E-state index in [1.165, 1.54) is 38.5 Å². The first-order chi connectivity index (χ1) is 12.0. The third-order valence-electron chi connectivity index (χ3n) is 6.20. The summed E-state index contributed by atoms with van der Waals surface area (Å²) in [5, 5.41) is 15.8. The first kappa shape index (κ1) is 16.2. The van der Waals surface area contributed by atoms with E-state index in [0.717, 1.165) is 29.0 Å². The molecule has 5 rings (SSSR count). The SMILES string of the molecule is Cc1cccc(NC(=O)/C(C#N)=C\NC23CC4CC(CC(C4)C2)C3)c1. The Balaban J connectivity index is 1.46. The summed E-state index contributed by atoms with van der Waals surface area (Å²) in [6.45, 7) is 1.98. The molecule has 2 N–H and O–H groups in total. The summed E-state index contributed by atoms with van der Waals surface area (Å²) in [5.41, 5.74) is 2.06. The molecule has 0 unspecified atom stereocenters. The lowest BCUT2D eigenvalue weighted by Crippen LogP contribution is -2.57. The molecule has 0 aliphatic heterocycles. The van der Waals surface area contributed by atoms with E-state index in [0.29, 0.717) is 0 Å². The minimum Gasteiger partial charge on any atom is -0.384 e. The number of nitriles is 1. The molecule has 4 fully saturated rings. The molecular weight excluding hydrogens is 310 g/mol. The van der Waals surface area contributed by atoms with Gasteiger partial charge in [0.25, 0.3) is 5.91 Å². The Morgan fingerprint density at radius 3 is 2.40 bits per heavy atom. The second-order valence-electron chi connectivity index (χ2n) is 8.34. The summed E-state index contributed by atoms with van der Waals surface area (Å²) in [4.78, 5) is 12.4. The van der Waals surface area contributed by atoms with Crippen LogP contribution in [0.1, 0.15) is 44.1 Å². The van der Waals surface area contributed by atoms with E-state index >= 15 is 0 Å². The Morgan fingerprint density at radius 1 is 1.20 bits per heavy atom. The largest absolute Gasteiger partial charge is 0.384 e. The maximum absolute atomic E-state index is 12.4. The number of benzene rings is 1. The van der Waals surface area contributed by atoms with Gasteiger partial charge in [0.1, 0.15) is 11.6 Å². The monoisotopic (exact) mass is 335 g/mol. The third kappa shape index (κ3) is 3.28. The Hall–Kier alpha value is -2.28. The minimum atomic E-state index is -0.342. The van der Waals surface area contributed by atoms with Gasteiger partial charge >= 0.3 is 0 Å². The van der Waals surface area contributed by atoms with Gasteiger partial charge in [0, 0.05) is 17.4 Å². The lowest BCUT2D eigenvalue weighted by Gasteiger charge is -2.56. The number of carbonyl (C=O) groups excluding carboxylic acids is 1. The van der Waals surface area contributed by atoms with Gasteiger partial charge in [0.15, 0.2) is 0 Å². The fourth-order valence-electron chi connectivity index (χ4n) is 5.58. The van der Waals surface area contributed by atoms with E-state index in [1.54, 1.807) is 6.20 Å². The molecule has 0 radical (unpaired) electrons. The van der Waals surface area contributed by atoms with Crippen LogP contribution in [0, 0.1) is 36.0 Å². The van der Waals surface area contributed by atoms with E-state index < -0.39 is 0 Å². The second-order valence-corrected chi connectivity index (χ2v) is 8.34. The van der Waals surface area contributed by atoms with Crippen LogP contribution in [0.5, 0.6) is 0 Å². The highest BCUT2D eigenvalue weighted by molar-refractivity contribution is 6.06. The number of aryl methyl sites for hydroxylation is 1. The van der Waals surface area contributed by atoms with Crippen molar-refractivity contribution in [3.05, 3.63) is 41.6 Å². The molecule has 4 heteroatoms. The molecule has 4 nitrogen and oxygen atoms in total. The van der Waals surface area contributed by atoms with Gasteiger partial charge in [-0.2, -0.15) is 5.26 Å². The molecule has 0 heterocycles. The van der Waals surface area contributed by atoms with Crippen LogP contribution >= 0.6 is 0 Å². The van der Waals surface area contributed by atoms with Crippen molar-refractivity contribution in [1.29, 1.82) is 5.26 Å². The van der Waals surface area contributed by atoms with Crippen LogP contribution in [-0.4, -0.2) is 11.4 Å². The number of rotatable bonds is 4. The molecule has 130 valence electrons. The summed E-state index contributed by atoms with van der Waals surface area (Å²) in [5.74, 6) is 2.15. The second kappa shape index (κ2) is 6.22. The highest BCUT2D eigenvalue weighted by Crippen LogP contribution is 2.55. The maximum atomic E-state index is 12.4. The van der Waals surface area contributed by atoms with Gasteiger partial charge in [-0.05, 0) is 80.9 Å². The summed E-state index contributed by atoms with van der Waals surface area (Å²) < 4.78 is 0. The Morgan fingerprint density at radius 2 is 1.84 bits per heavy atom. The predicted octanol–water partition coefficient (Wildman–Crippen LogP) is 3.90. The predicted molar refractivity (Wildman–Crippen MR) is 97.5 cm³/mol. The molecule has 4 aliphatic carbocycles. The lowest BCUT2D eigenvalue weighted by molar-refractivity contribution is -0.112. The highest BCUT2D eigenvalue weighted by Gasteiger charge is 2.50. The van der Waals surface area contributed by atoms with Gasteiger partial charge in [0.05, 0.1) is 0 Å². The van der Waals surface area contributed by atoms with Gasteiger partial charge in [-0.25, -0.2) is 0 Å². The van der Waals surface area contributed by atoms with Crippen LogP contribution in [0.2, 0.25) is 0 Å². The standard InChI is InChI=1S/C21H25N3O/c1-14-3-2-4-19(5-14)24-20(25)18(12-22)13-23-21-9-15-6-16(10-21)8-17(7-15)11-21/h2-5,13,15-17,23H,6-11H2,1H3,(H,24,25)/b18-13-. The van der Waals surface area contributed by atoms with E-state index in [9.17, 15) is 10.1 Å². The van der Waals surface area contributed by atoms with Crippen molar-refractivity contribution in [3.8, 4) is 6.07 Å². The molecule has 1 aromatic carbocycles. The maximum Gasteiger partial charge on any atom is 0.267 e. The molecule has 0 spiro atoms. The molecule has 4 saturated carbocycles. The van der Waals surface area contributed by atoms with Crippen molar-refractivity contribution < 1.29 is 4.79 Å². The van der Waals surface area contributed by atoms with Crippen molar-refractivity contribution in [2.45, 2.75) is 51.0 Å². The zero-order chi connectivity index (χ0) is 17.4. The van der Waals surface area contributed by atoms with Crippen LogP contribution in [-0.2, 0) is 4.79 Å². The summed E-state index contributed by atoms with van der Waals surface area (Å²) in [7, 11) is 0. The smallest absolute Gasteiger partial charge is 0.267 e. The van der Waals surface area contributed by atoms with E-state index in [1.807, 2.05) is 31.2 Å². The minimum absolute atomic E-state index is 0.112. The van der Waals surface area contributed by atoms with Gasteiger partial charge < -0.3 is 10.6 Å². The molecule has 0 atom stereocenters. The van der Waals surface area contributed by atoms with Gasteiger partial charge in [-0.15, -0.1) is 0 Å². The molecule has 0 saturated heterocycles. The quantitative estimate of drug-likeness (QED) is 0.648. The van der Waals surface area contributed by atoms with Gasteiger partial charge in [-0.3, -0.25) is 4.79 Å². The van der Waals surface area contributed by atoms with Crippen molar-refractivity contribution in [2.24, 2.45) is 17.8 Å². The molecule has 0 aromatic heterocycles. The van der Waals surface area contributed by atoms with Crippen LogP contribution in [0.15, 0.2) is 36.0 Å². The molecule has 25 heavy (non-hydrogen) atoms. The Kier molecular flexibility index (Phi) is 4.03. The van der Waals surface area contributed by atoms with Gasteiger partial charge in [-0.1, -0.05) is 12.1 Å². The zero-order valence-corrected chi connectivity index (χ0v) is 14.7. The lowest BCUT2D eigenvalue weighted by atomic mass is 9.53. The van der Waals surface area contributed by atoms with Crippen LogP contribution in [0.4, 0.5) is 5.69 Å². The van der Waals surface area contributed by atoms with Crippen molar-refractivity contribution >= 4 is 11.6 Å². The summed E-state index contributed by atoms with van der Waals surface area (Å²) >= 11 is 0. The third-order valence-corrected chi connectivity index (χ3v) is 6.20. The Bertz CT molecular complexity index is 723. The molecular formula is C21H25N3O. The number of amides is 1. The fraction of sp³-hybridized carbons (Fsp3) is 0.524. The van der Waals surface area contributed by atoms with Crippen LogP contribution < -0.4 is 10.6 Å². The van der Waals surface area contributed by atoms with E-state index in [-0.39, 0.29) is 17.0 Å². The molecule has 1 amide bonds. The van der Waals surface area contributed by atoms with Crippen molar-refractivity contribution in [3.63, 3.8) is 0 Å². The first-order valence-corrected chi connectivity index (χ1v) is 9.31. The number of nitrogens with one attached hydrogen (secondary N) is 2. The van der Waals surface area contributed by atoms with Crippen molar-refractivity contribution in [1.82, 2.24) is 5.32 Å². The average molecular weight is 335 g/mol. The van der Waals surface area contributed by atoms with E-state index in [2.05, 4.69) is 16.7 Å². The Labute approximate surface area is 149 Å². The number of nitrogens with zero attached hydrogens (tertiary/aromatic N) is 1. The van der Waals surface area contributed by atoms with Crippen LogP contribution in [0.25, 0.3) is 0 Å². The van der Waals surface area contributed by atoms with E-state index in [4.69, 9.17) is 0 Å². The molecule has 1 aromatic rings. The summed E-state index contributed by atoms with van der Waals surface area (Å²) in [6, 6.07) is 9.67. The van der Waals surface area contributed by atoms with Crippen LogP contribution in [0.3, 0.4) is 0 Å². The zero-order valence-electron chi connectivity index (χ0n) is 14.7. The number of hydrogen-bond donors (Lipinski definition) is 2. The first-order valence-electron chi connectivity index (χ1n) is 9.31. The number of carbonyl (C=O) groups is 1. The normalized spacial score (nSPS) is 33.0.